The van der Waals surface area contributed by atoms with Gasteiger partial charge in [-0.05, 0) is 22.2 Å². The van der Waals surface area contributed by atoms with E-state index in [0.29, 0.717) is 0 Å². The molecule has 0 amide bonds. The van der Waals surface area contributed by atoms with E-state index in [0.717, 1.165) is 6.42 Å². The van der Waals surface area contributed by atoms with Gasteiger partial charge in [0.2, 0.25) is 0 Å². The molecule has 0 aromatic heterocycles. The molecule has 0 N–H and O–H groups in total. The van der Waals surface area contributed by atoms with Gasteiger partial charge in [-0.25, -0.2) is 4.79 Å². The van der Waals surface area contributed by atoms with Crippen molar-refractivity contribution in [3.63, 3.8) is 0 Å². The van der Waals surface area contributed by atoms with Crippen LogP contribution < -0.4 is 0 Å². The summed E-state index contributed by atoms with van der Waals surface area (Å²) in [7, 11) is -0.338. The van der Waals surface area contributed by atoms with Gasteiger partial charge in [0.15, 0.2) is 0 Å². The molecule has 2 nitrogen and oxygen atoms in total. The van der Waals surface area contributed by atoms with E-state index in [1.165, 1.54) is 23.9 Å². The predicted octanol–water partition coefficient (Wildman–Crippen LogP) is 4.53. The van der Waals surface area contributed by atoms with Crippen LogP contribution in [0, 0.1) is 0 Å². The molecule has 0 saturated carbocycles. The Morgan fingerprint density at radius 1 is 1.24 bits per heavy atom. The number of methoxy groups -OCH3 is 1. The number of carbonyl (C=O) groups excluding carboxylic acids is 1. The first kappa shape index (κ1) is 17.5. The molecule has 0 atom stereocenters. The van der Waals surface area contributed by atoms with E-state index in [1.54, 1.807) is 0 Å². The van der Waals surface area contributed by atoms with E-state index in [9.17, 15) is 4.79 Å². The molecule has 21 heavy (non-hydrogen) atoms. The van der Waals surface area contributed by atoms with Crippen LogP contribution in [0.1, 0.15) is 26.3 Å². The lowest BCUT2D eigenvalue weighted by atomic mass is 10.1. The van der Waals surface area contributed by atoms with Crippen molar-refractivity contribution in [2.24, 2.45) is 0 Å². The Hall–Kier alpha value is -1.57. The zero-order valence-corrected chi connectivity index (χ0v) is 15.0. The summed E-state index contributed by atoms with van der Waals surface area (Å²) in [5.41, 5.74) is 4.50. The normalized spacial score (nSPS) is 11.5. The maximum absolute atomic E-state index is 11.4. The molecule has 0 radical (unpaired) electrons. The average molecular weight is 302 g/mol. The molecule has 1 aromatic rings. The topological polar surface area (TPSA) is 26.3 Å². The highest BCUT2D eigenvalue weighted by Gasteiger charge is 2.38. The van der Waals surface area contributed by atoms with Gasteiger partial charge in [-0.2, -0.15) is 0 Å². The highest BCUT2D eigenvalue weighted by atomic mass is 28.3. The summed E-state index contributed by atoms with van der Waals surface area (Å²) in [6.07, 6.45) is 2.27. The Bertz CT molecular complexity index is 544. The fourth-order valence-electron chi connectivity index (χ4n) is 1.91. The summed E-state index contributed by atoms with van der Waals surface area (Å²) in [6.45, 7) is 11.5. The van der Waals surface area contributed by atoms with Crippen LogP contribution in [0.3, 0.4) is 0 Å². The molecular formula is C18H26O2Si. The lowest BCUT2D eigenvalue weighted by molar-refractivity contribution is -0.134. The fourth-order valence-corrected chi connectivity index (χ4v) is 3.89. The van der Waals surface area contributed by atoms with E-state index in [1.807, 2.05) is 18.2 Å². The van der Waals surface area contributed by atoms with Gasteiger partial charge in [-0.15, -0.1) is 5.73 Å². The summed E-state index contributed by atoms with van der Waals surface area (Å²) in [6, 6.07) is 10.3. The van der Waals surface area contributed by atoms with Crippen molar-refractivity contribution in [1.29, 1.82) is 0 Å². The van der Waals surface area contributed by atoms with Crippen molar-refractivity contribution >= 4 is 14.0 Å². The van der Waals surface area contributed by atoms with Crippen molar-refractivity contribution in [3.05, 3.63) is 52.9 Å². The number of carbonyl (C=O) groups is 1. The molecule has 0 heterocycles. The monoisotopic (exact) mass is 302 g/mol. The van der Waals surface area contributed by atoms with Gasteiger partial charge >= 0.3 is 5.97 Å². The molecule has 114 valence electrons. The van der Waals surface area contributed by atoms with Crippen LogP contribution in [0.4, 0.5) is 0 Å². The van der Waals surface area contributed by atoms with Gasteiger partial charge in [0.25, 0.3) is 0 Å². The molecule has 0 aliphatic rings. The molecule has 1 rings (SSSR count). The molecular weight excluding hydrogens is 276 g/mol. The van der Waals surface area contributed by atoms with Crippen molar-refractivity contribution < 1.29 is 9.53 Å². The smallest absolute Gasteiger partial charge is 0.338 e. The van der Waals surface area contributed by atoms with Gasteiger partial charge < -0.3 is 4.74 Å². The van der Waals surface area contributed by atoms with Crippen molar-refractivity contribution in [1.82, 2.24) is 0 Å². The van der Waals surface area contributed by atoms with Crippen molar-refractivity contribution in [3.8, 4) is 0 Å². The number of hydrogen-bond acceptors (Lipinski definition) is 2. The average Bonchev–Trinajstić information content (AvgIpc) is 2.42. The van der Waals surface area contributed by atoms with Crippen LogP contribution in [0.2, 0.25) is 18.1 Å². The highest BCUT2D eigenvalue weighted by Crippen LogP contribution is 2.41. The third-order valence-electron chi connectivity index (χ3n) is 4.42. The fraction of sp³-hybridized carbons (Fsp3) is 0.444. The maximum Gasteiger partial charge on any atom is 0.338 e. The van der Waals surface area contributed by atoms with Gasteiger partial charge in [0.1, 0.15) is 0 Å². The van der Waals surface area contributed by atoms with Crippen molar-refractivity contribution in [2.75, 3.05) is 7.11 Å². The standard InChI is InChI=1S/C18H26O2Si/c1-18(2,3)21(5,6)16(12-13-17(19)20-4)14-15-10-8-7-9-11-15/h7-11,13H,14H2,1-6H3. The molecule has 0 bridgehead atoms. The largest absolute Gasteiger partial charge is 0.465 e. The van der Waals surface area contributed by atoms with Gasteiger partial charge in [0.05, 0.1) is 21.3 Å². The Morgan fingerprint density at radius 2 is 1.81 bits per heavy atom. The SMILES string of the molecule is COC(=O)C=C=C(Cc1ccccc1)[Si](C)(C)C(C)(C)C. The second-order valence-corrected chi connectivity index (χ2v) is 12.2. The molecule has 0 unspecified atom stereocenters. The van der Waals surface area contributed by atoms with E-state index < -0.39 is 8.07 Å². The molecule has 0 aliphatic heterocycles. The van der Waals surface area contributed by atoms with Crippen molar-refractivity contribution in [2.45, 2.75) is 45.3 Å². The minimum Gasteiger partial charge on any atom is -0.465 e. The molecule has 0 fully saturated rings. The number of hydrogen-bond donors (Lipinski definition) is 0. The van der Waals surface area contributed by atoms with Gasteiger partial charge in [-0.3, -0.25) is 0 Å². The van der Waals surface area contributed by atoms with E-state index >= 15 is 0 Å². The minimum atomic E-state index is -1.73. The van der Waals surface area contributed by atoms with Crippen LogP contribution in [0.15, 0.2) is 47.3 Å². The van der Waals surface area contributed by atoms with Crippen LogP contribution in [0.25, 0.3) is 0 Å². The zero-order valence-electron chi connectivity index (χ0n) is 14.0. The third-order valence-corrected chi connectivity index (χ3v) is 10.00. The van der Waals surface area contributed by atoms with E-state index in [4.69, 9.17) is 4.74 Å². The second-order valence-electron chi connectivity index (χ2n) is 6.83. The molecule has 3 heteroatoms. The Labute approximate surface area is 129 Å². The first-order valence-electron chi connectivity index (χ1n) is 7.26. The highest BCUT2D eigenvalue weighted by molar-refractivity contribution is 6.86. The summed E-state index contributed by atoms with van der Waals surface area (Å²) >= 11 is 0. The van der Waals surface area contributed by atoms with E-state index in [-0.39, 0.29) is 11.0 Å². The zero-order chi connectivity index (χ0) is 16.1. The number of rotatable bonds is 4. The summed E-state index contributed by atoms with van der Waals surface area (Å²) in [4.78, 5) is 11.4. The van der Waals surface area contributed by atoms with Crippen LogP contribution in [-0.4, -0.2) is 21.2 Å². The summed E-state index contributed by atoms with van der Waals surface area (Å²) < 4.78 is 4.69. The number of ether oxygens (including phenoxy) is 1. The molecule has 1 aromatic carbocycles. The lowest BCUT2D eigenvalue weighted by Gasteiger charge is -2.38. The van der Waals surface area contributed by atoms with Gasteiger partial charge in [-0.1, -0.05) is 64.2 Å². The Balaban J connectivity index is 3.25. The van der Waals surface area contributed by atoms with Gasteiger partial charge in [0, 0.05) is 0 Å². The maximum atomic E-state index is 11.4. The molecule has 0 spiro atoms. The van der Waals surface area contributed by atoms with Crippen LogP contribution >= 0.6 is 0 Å². The Kier molecular flexibility index (Phi) is 5.76. The number of esters is 1. The van der Waals surface area contributed by atoms with Crippen LogP contribution in [0.5, 0.6) is 0 Å². The second kappa shape index (κ2) is 6.93. The summed E-state index contributed by atoms with van der Waals surface area (Å²) in [5, 5.41) is 1.44. The predicted molar refractivity (Wildman–Crippen MR) is 91.0 cm³/mol. The molecule has 0 aliphatic carbocycles. The minimum absolute atomic E-state index is 0.202. The Morgan fingerprint density at radius 3 is 2.29 bits per heavy atom. The summed E-state index contributed by atoms with van der Waals surface area (Å²) in [5.74, 6) is -0.348. The third kappa shape index (κ3) is 4.73. The van der Waals surface area contributed by atoms with Crippen LogP contribution in [-0.2, 0) is 16.0 Å². The first-order chi connectivity index (χ1) is 9.68. The number of benzene rings is 1. The first-order valence-corrected chi connectivity index (χ1v) is 10.3. The van der Waals surface area contributed by atoms with E-state index in [2.05, 4.69) is 51.7 Å². The molecule has 0 saturated heterocycles. The lowest BCUT2D eigenvalue weighted by Crippen LogP contribution is -2.40. The quantitative estimate of drug-likeness (QED) is 0.353.